The summed E-state index contributed by atoms with van der Waals surface area (Å²) in [4.78, 5) is 0. The van der Waals surface area contributed by atoms with Crippen molar-refractivity contribution in [3.05, 3.63) is 0 Å². The first-order valence-corrected chi connectivity index (χ1v) is 3.69. The normalized spacial score (nSPS) is 23.4. The van der Waals surface area contributed by atoms with Crippen LogP contribution in [0.3, 0.4) is 0 Å². The van der Waals surface area contributed by atoms with E-state index in [1.54, 1.807) is 0 Å². The summed E-state index contributed by atoms with van der Waals surface area (Å²) in [6, 6.07) is 0. The Kier molecular flexibility index (Phi) is 5.04. The van der Waals surface area contributed by atoms with Gasteiger partial charge >= 0.3 is 0 Å². The lowest BCUT2D eigenvalue weighted by Gasteiger charge is -2.24. The molecule has 1 aliphatic rings. The van der Waals surface area contributed by atoms with Crippen LogP contribution in [-0.2, 0) is 0 Å². The second kappa shape index (κ2) is 4.94. The van der Waals surface area contributed by atoms with Crippen molar-refractivity contribution in [1.29, 1.82) is 0 Å². The molecule has 0 bridgehead atoms. The molecule has 0 radical (unpaired) electrons. The van der Waals surface area contributed by atoms with Gasteiger partial charge in [-0.1, -0.05) is 0 Å². The van der Waals surface area contributed by atoms with Crippen LogP contribution in [0.5, 0.6) is 0 Å². The molecule has 1 saturated heterocycles. The molecule has 0 amide bonds. The lowest BCUT2D eigenvalue weighted by atomic mass is 9.93. The molecule has 2 nitrogen and oxygen atoms in total. The van der Waals surface area contributed by atoms with E-state index in [2.05, 4.69) is 5.32 Å². The monoisotopic (exact) mass is 165 g/mol. The molecule has 0 unspecified atom stereocenters. The first kappa shape index (κ1) is 10.2. The van der Waals surface area contributed by atoms with Crippen LogP contribution in [-0.4, -0.2) is 24.3 Å². The van der Waals surface area contributed by atoms with Crippen molar-refractivity contribution < 1.29 is 5.11 Å². The molecule has 3 heteroatoms. The zero-order valence-electron chi connectivity index (χ0n) is 6.34. The average Bonchev–Trinajstić information content (AvgIpc) is 1.90. The van der Waals surface area contributed by atoms with Crippen LogP contribution in [0, 0.1) is 5.92 Å². The second-order valence-electron chi connectivity index (χ2n) is 2.83. The third kappa shape index (κ3) is 2.86. The minimum Gasteiger partial charge on any atom is -0.393 e. The van der Waals surface area contributed by atoms with Crippen molar-refractivity contribution in [3.8, 4) is 0 Å². The highest BCUT2D eigenvalue weighted by atomic mass is 35.5. The Hall–Kier alpha value is 0.210. The number of rotatable bonds is 1. The molecule has 1 rings (SSSR count). The lowest BCUT2D eigenvalue weighted by molar-refractivity contribution is 0.105. The predicted octanol–water partition coefficient (Wildman–Crippen LogP) is 0.789. The Morgan fingerprint density at radius 2 is 1.90 bits per heavy atom. The Balaban J connectivity index is 0.000000810. The summed E-state index contributed by atoms with van der Waals surface area (Å²) in [5.74, 6) is 0.547. The van der Waals surface area contributed by atoms with Crippen molar-refractivity contribution in [2.24, 2.45) is 5.92 Å². The van der Waals surface area contributed by atoms with Gasteiger partial charge < -0.3 is 10.4 Å². The second-order valence-corrected chi connectivity index (χ2v) is 2.83. The Morgan fingerprint density at radius 3 is 2.20 bits per heavy atom. The number of halogens is 1. The van der Waals surface area contributed by atoms with Gasteiger partial charge in [0.05, 0.1) is 6.10 Å². The maximum absolute atomic E-state index is 9.15. The quantitative estimate of drug-likeness (QED) is 0.602. The minimum absolute atomic E-state index is 0. The molecule has 1 heterocycles. The summed E-state index contributed by atoms with van der Waals surface area (Å²) in [5.41, 5.74) is 0. The van der Waals surface area contributed by atoms with E-state index in [4.69, 9.17) is 5.11 Å². The number of aliphatic hydroxyl groups is 1. The smallest absolute Gasteiger partial charge is 0.0541 e. The fourth-order valence-electron chi connectivity index (χ4n) is 1.33. The molecule has 10 heavy (non-hydrogen) atoms. The van der Waals surface area contributed by atoms with Gasteiger partial charge in [-0.2, -0.15) is 0 Å². The highest BCUT2D eigenvalue weighted by molar-refractivity contribution is 5.85. The molecule has 0 aromatic carbocycles. The molecule has 0 spiro atoms. The van der Waals surface area contributed by atoms with Gasteiger partial charge in [0.2, 0.25) is 0 Å². The van der Waals surface area contributed by atoms with Crippen LogP contribution < -0.4 is 5.32 Å². The summed E-state index contributed by atoms with van der Waals surface area (Å²) in [7, 11) is 0. The number of aliphatic hydroxyl groups excluding tert-OH is 1. The Bertz CT molecular complexity index is 81.7. The van der Waals surface area contributed by atoms with E-state index in [1.165, 1.54) is 0 Å². The van der Waals surface area contributed by atoms with Gasteiger partial charge in [-0.05, 0) is 38.8 Å². The van der Waals surface area contributed by atoms with Crippen LogP contribution in [0.4, 0.5) is 0 Å². The molecule has 0 aromatic rings. The maximum Gasteiger partial charge on any atom is 0.0541 e. The molecule has 1 aliphatic heterocycles. The number of hydrogen-bond donors (Lipinski definition) is 2. The average molecular weight is 166 g/mol. The Morgan fingerprint density at radius 1 is 1.40 bits per heavy atom. The van der Waals surface area contributed by atoms with Crippen molar-refractivity contribution >= 4 is 12.4 Å². The highest BCUT2D eigenvalue weighted by Crippen LogP contribution is 2.14. The van der Waals surface area contributed by atoms with E-state index < -0.39 is 0 Å². The summed E-state index contributed by atoms with van der Waals surface area (Å²) in [5, 5.41) is 12.4. The van der Waals surface area contributed by atoms with Gasteiger partial charge in [-0.15, -0.1) is 12.4 Å². The van der Waals surface area contributed by atoms with E-state index in [-0.39, 0.29) is 18.5 Å². The van der Waals surface area contributed by atoms with Crippen LogP contribution >= 0.6 is 12.4 Å². The standard InChI is InChI=1S/C7H15NO.ClH/c1-6(9)7-2-4-8-5-3-7;/h6-9H,2-5H2,1H3;1H/t6-;/m0./s1. The summed E-state index contributed by atoms with van der Waals surface area (Å²) < 4.78 is 0. The molecule has 0 saturated carbocycles. The third-order valence-corrected chi connectivity index (χ3v) is 2.07. The van der Waals surface area contributed by atoms with Gasteiger partial charge in [0.15, 0.2) is 0 Å². The van der Waals surface area contributed by atoms with Crippen LogP contribution in [0.25, 0.3) is 0 Å². The molecule has 62 valence electrons. The first-order chi connectivity index (χ1) is 4.30. The van der Waals surface area contributed by atoms with Gasteiger partial charge in [0.1, 0.15) is 0 Å². The Labute approximate surface area is 68.4 Å². The molecule has 0 aromatic heterocycles. The molecule has 0 aliphatic carbocycles. The van der Waals surface area contributed by atoms with Crippen LogP contribution in [0.15, 0.2) is 0 Å². The van der Waals surface area contributed by atoms with Crippen molar-refractivity contribution in [1.82, 2.24) is 5.32 Å². The molecular weight excluding hydrogens is 150 g/mol. The third-order valence-electron chi connectivity index (χ3n) is 2.07. The van der Waals surface area contributed by atoms with Gasteiger partial charge in [-0.3, -0.25) is 0 Å². The zero-order valence-corrected chi connectivity index (χ0v) is 7.16. The zero-order chi connectivity index (χ0) is 6.69. The maximum atomic E-state index is 9.15. The van der Waals surface area contributed by atoms with E-state index in [0.717, 1.165) is 25.9 Å². The van der Waals surface area contributed by atoms with Gasteiger partial charge in [0.25, 0.3) is 0 Å². The number of piperidine rings is 1. The van der Waals surface area contributed by atoms with Crippen LogP contribution in [0.1, 0.15) is 19.8 Å². The van der Waals surface area contributed by atoms with Gasteiger partial charge in [0, 0.05) is 0 Å². The van der Waals surface area contributed by atoms with Gasteiger partial charge in [-0.25, -0.2) is 0 Å². The molecule has 2 N–H and O–H groups in total. The molecule has 1 fully saturated rings. The summed E-state index contributed by atoms with van der Waals surface area (Å²) in [6.07, 6.45) is 2.17. The fourth-order valence-corrected chi connectivity index (χ4v) is 1.33. The summed E-state index contributed by atoms with van der Waals surface area (Å²) >= 11 is 0. The number of nitrogens with one attached hydrogen (secondary N) is 1. The minimum atomic E-state index is -0.105. The van der Waals surface area contributed by atoms with Crippen LogP contribution in [0.2, 0.25) is 0 Å². The van der Waals surface area contributed by atoms with E-state index in [9.17, 15) is 0 Å². The van der Waals surface area contributed by atoms with E-state index >= 15 is 0 Å². The molecule has 1 atom stereocenters. The van der Waals surface area contributed by atoms with E-state index in [0.29, 0.717) is 5.92 Å². The largest absolute Gasteiger partial charge is 0.393 e. The predicted molar refractivity (Wildman–Crippen MR) is 44.5 cm³/mol. The lowest BCUT2D eigenvalue weighted by Crippen LogP contribution is -2.32. The highest BCUT2D eigenvalue weighted by Gasteiger charge is 2.16. The van der Waals surface area contributed by atoms with Crippen molar-refractivity contribution in [2.75, 3.05) is 13.1 Å². The number of hydrogen-bond acceptors (Lipinski definition) is 2. The SMILES string of the molecule is C[C@H](O)C1CCNCC1.Cl. The van der Waals surface area contributed by atoms with Crippen molar-refractivity contribution in [2.45, 2.75) is 25.9 Å². The van der Waals surface area contributed by atoms with E-state index in [1.807, 2.05) is 6.92 Å². The molecular formula is C7H16ClNO. The first-order valence-electron chi connectivity index (χ1n) is 3.69. The summed E-state index contributed by atoms with van der Waals surface area (Å²) in [6.45, 7) is 4.04. The fraction of sp³-hybridized carbons (Fsp3) is 1.00. The topological polar surface area (TPSA) is 32.3 Å². The van der Waals surface area contributed by atoms with Crippen molar-refractivity contribution in [3.63, 3.8) is 0 Å².